The maximum absolute atomic E-state index is 14.2. The quantitative estimate of drug-likeness (QED) is 0.532. The number of rotatable bonds is 7. The van der Waals surface area contributed by atoms with Gasteiger partial charge >= 0.3 is 6.09 Å². The highest BCUT2D eigenvalue weighted by atomic mass is 19.1. The van der Waals surface area contributed by atoms with E-state index in [1.165, 1.54) is 43.3 Å². The Bertz CT molecular complexity index is 969. The van der Waals surface area contributed by atoms with Gasteiger partial charge in [-0.05, 0) is 68.8 Å². The number of piperidine rings is 2. The van der Waals surface area contributed by atoms with Gasteiger partial charge in [0, 0.05) is 38.2 Å². The topological polar surface area (TPSA) is 45.2 Å². The summed E-state index contributed by atoms with van der Waals surface area (Å²) in [5.74, 6) is 0.504. The maximum atomic E-state index is 14.2. The van der Waals surface area contributed by atoms with E-state index in [1.807, 2.05) is 12.1 Å². The van der Waals surface area contributed by atoms with E-state index >= 15 is 0 Å². The normalized spacial score (nSPS) is 20.6. The van der Waals surface area contributed by atoms with E-state index in [-0.39, 0.29) is 0 Å². The van der Waals surface area contributed by atoms with E-state index in [9.17, 15) is 9.18 Å². The fraction of sp³-hybridized carbons (Fsp3) is 0.519. The molecule has 0 saturated carbocycles. The monoisotopic (exact) mass is 467 g/mol. The van der Waals surface area contributed by atoms with E-state index in [1.54, 1.807) is 18.2 Å². The second kappa shape index (κ2) is 10.2. The molecular formula is C27H34FN3O3. The van der Waals surface area contributed by atoms with Crippen molar-refractivity contribution in [3.05, 3.63) is 54.3 Å². The first-order valence-electron chi connectivity index (χ1n) is 12.6. The molecule has 7 heteroatoms. The summed E-state index contributed by atoms with van der Waals surface area (Å²) in [7, 11) is 0. The molecule has 3 aliphatic heterocycles. The van der Waals surface area contributed by atoms with Gasteiger partial charge in [0.15, 0.2) is 0 Å². The number of likely N-dealkylation sites (tertiary alicyclic amines) is 1. The molecule has 0 bridgehead atoms. The third kappa shape index (κ3) is 5.14. The van der Waals surface area contributed by atoms with Crippen LogP contribution in [0.3, 0.4) is 0 Å². The molecule has 0 N–H and O–H groups in total. The number of para-hydroxylation sites is 1. The number of amides is 1. The van der Waals surface area contributed by atoms with Crippen molar-refractivity contribution in [3.63, 3.8) is 0 Å². The lowest BCUT2D eigenvalue weighted by atomic mass is 9.91. The molecule has 2 aromatic rings. The number of hydrogen-bond donors (Lipinski definition) is 0. The van der Waals surface area contributed by atoms with Crippen molar-refractivity contribution in [2.24, 2.45) is 0 Å². The maximum Gasteiger partial charge on any atom is 0.415 e. The Morgan fingerprint density at radius 1 is 0.941 bits per heavy atom. The fourth-order valence-electron chi connectivity index (χ4n) is 5.33. The van der Waals surface area contributed by atoms with Crippen molar-refractivity contribution in [1.82, 2.24) is 4.90 Å². The third-order valence-corrected chi connectivity index (χ3v) is 7.33. The summed E-state index contributed by atoms with van der Waals surface area (Å²) in [6, 6.07) is 14.6. The van der Waals surface area contributed by atoms with Gasteiger partial charge in [-0.15, -0.1) is 0 Å². The van der Waals surface area contributed by atoms with Crippen molar-refractivity contribution in [2.75, 3.05) is 55.7 Å². The number of benzene rings is 2. The van der Waals surface area contributed by atoms with Gasteiger partial charge in [0.05, 0.1) is 18.8 Å². The van der Waals surface area contributed by atoms with Crippen molar-refractivity contribution >= 4 is 17.5 Å². The van der Waals surface area contributed by atoms with Gasteiger partial charge in [-0.2, -0.15) is 0 Å². The smallest absolute Gasteiger partial charge is 0.415 e. The van der Waals surface area contributed by atoms with E-state index < -0.39 is 17.5 Å². The lowest BCUT2D eigenvalue weighted by Gasteiger charge is -2.38. The molecule has 3 aliphatic rings. The summed E-state index contributed by atoms with van der Waals surface area (Å²) in [5, 5.41) is 0. The minimum atomic E-state index is -0.548. The predicted octanol–water partition coefficient (Wildman–Crippen LogP) is 5.08. The highest BCUT2D eigenvalue weighted by molar-refractivity contribution is 5.90. The van der Waals surface area contributed by atoms with Gasteiger partial charge in [-0.25, -0.2) is 9.18 Å². The molecule has 2 aromatic carbocycles. The van der Waals surface area contributed by atoms with Crippen LogP contribution in [-0.4, -0.2) is 62.5 Å². The Morgan fingerprint density at radius 3 is 2.41 bits per heavy atom. The second-order valence-corrected chi connectivity index (χ2v) is 9.67. The molecule has 3 fully saturated rings. The summed E-state index contributed by atoms with van der Waals surface area (Å²) >= 11 is 0. The van der Waals surface area contributed by atoms with Gasteiger partial charge in [0.25, 0.3) is 0 Å². The zero-order chi connectivity index (χ0) is 23.4. The van der Waals surface area contributed by atoms with Crippen LogP contribution in [0.15, 0.2) is 48.5 Å². The summed E-state index contributed by atoms with van der Waals surface area (Å²) < 4.78 is 25.9. The van der Waals surface area contributed by atoms with Gasteiger partial charge in [0.1, 0.15) is 17.2 Å². The number of ether oxygens (including phenoxy) is 2. The molecule has 1 amide bonds. The minimum Gasteiger partial charge on any atom is -0.494 e. The molecule has 3 saturated heterocycles. The van der Waals surface area contributed by atoms with Crippen LogP contribution < -0.4 is 14.5 Å². The molecule has 0 atom stereocenters. The molecule has 5 rings (SSSR count). The average Bonchev–Trinajstić information content (AvgIpc) is 3.19. The fourth-order valence-corrected chi connectivity index (χ4v) is 5.33. The Morgan fingerprint density at radius 2 is 1.68 bits per heavy atom. The first-order valence-corrected chi connectivity index (χ1v) is 12.6. The van der Waals surface area contributed by atoms with Crippen LogP contribution in [0.4, 0.5) is 20.6 Å². The lowest BCUT2D eigenvalue weighted by Crippen LogP contribution is -2.47. The van der Waals surface area contributed by atoms with Crippen molar-refractivity contribution in [1.29, 1.82) is 0 Å². The molecule has 0 aliphatic carbocycles. The Balaban J connectivity index is 1.10. The molecule has 0 aromatic heterocycles. The number of hydrogen-bond acceptors (Lipinski definition) is 5. The second-order valence-electron chi connectivity index (χ2n) is 9.67. The number of anilines is 2. The van der Waals surface area contributed by atoms with Crippen LogP contribution in [0.5, 0.6) is 5.75 Å². The van der Waals surface area contributed by atoms with E-state index in [2.05, 4.69) is 21.9 Å². The van der Waals surface area contributed by atoms with Crippen LogP contribution >= 0.6 is 0 Å². The van der Waals surface area contributed by atoms with Gasteiger partial charge in [-0.1, -0.05) is 18.6 Å². The third-order valence-electron chi connectivity index (χ3n) is 7.33. The molecule has 182 valence electrons. The van der Waals surface area contributed by atoms with E-state index in [4.69, 9.17) is 9.47 Å². The van der Waals surface area contributed by atoms with Gasteiger partial charge in [-0.3, -0.25) is 4.90 Å². The molecule has 0 unspecified atom stereocenters. The van der Waals surface area contributed by atoms with Crippen LogP contribution in [0.25, 0.3) is 0 Å². The van der Waals surface area contributed by atoms with Gasteiger partial charge < -0.3 is 19.3 Å². The molecule has 3 heterocycles. The number of nitrogens with zero attached hydrogens (tertiary/aromatic N) is 3. The lowest BCUT2D eigenvalue weighted by molar-refractivity contribution is 0.0367. The summed E-state index contributed by atoms with van der Waals surface area (Å²) in [4.78, 5) is 18.8. The Labute approximate surface area is 201 Å². The van der Waals surface area contributed by atoms with Crippen LogP contribution in [0, 0.1) is 5.82 Å². The van der Waals surface area contributed by atoms with Crippen LogP contribution in [0.2, 0.25) is 0 Å². The highest BCUT2D eigenvalue weighted by Gasteiger charge is 2.48. The average molecular weight is 468 g/mol. The van der Waals surface area contributed by atoms with Crippen LogP contribution in [-0.2, 0) is 4.74 Å². The Hall–Kier alpha value is -2.80. The Kier molecular flexibility index (Phi) is 6.90. The largest absolute Gasteiger partial charge is 0.494 e. The molecule has 0 radical (unpaired) electrons. The van der Waals surface area contributed by atoms with Crippen molar-refractivity contribution < 1.29 is 18.7 Å². The molecule has 1 spiro atoms. The minimum absolute atomic E-state index is 0.290. The zero-order valence-electron chi connectivity index (χ0n) is 19.8. The van der Waals surface area contributed by atoms with E-state index in [0.717, 1.165) is 56.9 Å². The molecule has 34 heavy (non-hydrogen) atoms. The standard InChI is InChI=1S/C27H34FN3O3/c28-24-7-2-3-8-25(24)31-21-27(34-26(31)32)13-18-30(19-14-27)22-9-11-23(12-10-22)33-20-6-17-29-15-4-1-5-16-29/h2-3,7-12H,1,4-6,13-21H2. The summed E-state index contributed by atoms with van der Waals surface area (Å²) in [6.45, 7) is 6.28. The molecular weight excluding hydrogens is 433 g/mol. The highest BCUT2D eigenvalue weighted by Crippen LogP contribution is 2.37. The van der Waals surface area contributed by atoms with Crippen LogP contribution in [0.1, 0.15) is 38.5 Å². The first kappa shape index (κ1) is 23.0. The van der Waals surface area contributed by atoms with Crippen molar-refractivity contribution in [3.8, 4) is 5.75 Å². The zero-order valence-corrected chi connectivity index (χ0v) is 19.8. The van der Waals surface area contributed by atoms with Crippen molar-refractivity contribution in [2.45, 2.75) is 44.1 Å². The van der Waals surface area contributed by atoms with Gasteiger partial charge in [0.2, 0.25) is 0 Å². The van der Waals surface area contributed by atoms with E-state index in [0.29, 0.717) is 12.2 Å². The predicted molar refractivity (Wildman–Crippen MR) is 131 cm³/mol. The summed E-state index contributed by atoms with van der Waals surface area (Å²) in [5.41, 5.74) is 0.886. The number of halogens is 1. The first-order chi connectivity index (χ1) is 16.6. The summed E-state index contributed by atoms with van der Waals surface area (Å²) in [6.07, 6.45) is 6.06. The SMILES string of the molecule is O=C1OC2(CCN(c3ccc(OCCCN4CCCCC4)cc3)CC2)CN1c1ccccc1F. The number of carbonyl (C=O) groups is 1. The number of carbonyl (C=O) groups excluding carboxylic acids is 1. The molecule has 6 nitrogen and oxygen atoms in total.